The zero-order chi connectivity index (χ0) is 15.6. The van der Waals surface area contributed by atoms with E-state index in [0.717, 1.165) is 6.07 Å². The van der Waals surface area contributed by atoms with E-state index in [-0.39, 0.29) is 5.56 Å². The van der Waals surface area contributed by atoms with Gasteiger partial charge in [0.15, 0.2) is 11.1 Å². The molecular weight excluding hydrogens is 296 g/mol. The summed E-state index contributed by atoms with van der Waals surface area (Å²) >= 11 is -2.60. The molecule has 21 heavy (non-hydrogen) atoms. The molecule has 3 N–H and O–H groups in total. The van der Waals surface area contributed by atoms with Gasteiger partial charge in [-0.3, -0.25) is 0 Å². The minimum Gasteiger partial charge on any atom is -0.478 e. The SMILES string of the molecule is O=C(O)c1c(-c2ccccc2)ccc(S(=O)O)c1C(=O)O. The smallest absolute Gasteiger partial charge is 0.337 e. The molecule has 2 rings (SSSR count). The number of aromatic carboxylic acids is 2. The second-order valence-corrected chi connectivity index (χ2v) is 5.02. The Bertz CT molecular complexity index is 739. The van der Waals surface area contributed by atoms with Gasteiger partial charge >= 0.3 is 11.9 Å². The van der Waals surface area contributed by atoms with Gasteiger partial charge in [0, 0.05) is 0 Å². The summed E-state index contributed by atoms with van der Waals surface area (Å²) in [6.45, 7) is 0. The van der Waals surface area contributed by atoms with Crippen molar-refractivity contribution in [3.63, 3.8) is 0 Å². The van der Waals surface area contributed by atoms with E-state index in [1.165, 1.54) is 6.07 Å². The molecule has 0 aliphatic carbocycles. The zero-order valence-corrected chi connectivity index (χ0v) is 11.3. The van der Waals surface area contributed by atoms with Crippen LogP contribution in [0.3, 0.4) is 0 Å². The molecule has 0 aliphatic heterocycles. The highest BCUT2D eigenvalue weighted by molar-refractivity contribution is 7.79. The fraction of sp³-hybridized carbons (Fsp3) is 0. The maximum absolute atomic E-state index is 11.5. The second kappa shape index (κ2) is 5.86. The third-order valence-corrected chi connectivity index (χ3v) is 3.58. The van der Waals surface area contributed by atoms with E-state index in [2.05, 4.69) is 0 Å². The summed E-state index contributed by atoms with van der Waals surface area (Å²) in [5.41, 5.74) is -0.499. The van der Waals surface area contributed by atoms with E-state index in [0.29, 0.717) is 5.56 Å². The van der Waals surface area contributed by atoms with Gasteiger partial charge in [-0.15, -0.1) is 0 Å². The molecular formula is C14H10O6S. The lowest BCUT2D eigenvalue weighted by Gasteiger charge is -2.12. The van der Waals surface area contributed by atoms with Gasteiger partial charge in [0.05, 0.1) is 16.0 Å². The van der Waals surface area contributed by atoms with Gasteiger partial charge in [-0.05, 0) is 17.2 Å². The first-order chi connectivity index (χ1) is 9.93. The number of rotatable bonds is 4. The van der Waals surface area contributed by atoms with Crippen molar-refractivity contribution in [3.8, 4) is 11.1 Å². The van der Waals surface area contributed by atoms with Gasteiger partial charge in [-0.2, -0.15) is 0 Å². The number of carboxylic acid groups (broad SMARTS) is 2. The molecule has 2 aromatic rings. The van der Waals surface area contributed by atoms with Gasteiger partial charge in [0.25, 0.3) is 0 Å². The maximum Gasteiger partial charge on any atom is 0.337 e. The Morgan fingerprint density at radius 3 is 1.90 bits per heavy atom. The first-order valence-electron chi connectivity index (χ1n) is 5.73. The summed E-state index contributed by atoms with van der Waals surface area (Å²) in [7, 11) is 0. The Kier molecular flexibility index (Phi) is 4.15. The first-order valence-corrected chi connectivity index (χ1v) is 6.84. The molecule has 108 valence electrons. The molecule has 0 spiro atoms. The molecule has 0 bridgehead atoms. The lowest BCUT2D eigenvalue weighted by Crippen LogP contribution is -2.14. The van der Waals surface area contributed by atoms with Crippen LogP contribution in [-0.4, -0.2) is 30.9 Å². The molecule has 0 saturated carbocycles. The highest BCUT2D eigenvalue weighted by atomic mass is 32.2. The molecule has 0 heterocycles. The highest BCUT2D eigenvalue weighted by Crippen LogP contribution is 2.30. The van der Waals surface area contributed by atoms with Crippen molar-refractivity contribution in [2.45, 2.75) is 4.90 Å². The minimum absolute atomic E-state index is 0.176. The van der Waals surface area contributed by atoms with Crippen LogP contribution in [0.25, 0.3) is 11.1 Å². The van der Waals surface area contributed by atoms with Crippen LogP contribution in [0.5, 0.6) is 0 Å². The van der Waals surface area contributed by atoms with Crippen molar-refractivity contribution >= 4 is 23.0 Å². The molecule has 0 fully saturated rings. The predicted molar refractivity (Wildman–Crippen MR) is 74.8 cm³/mol. The second-order valence-electron chi connectivity index (χ2n) is 4.09. The van der Waals surface area contributed by atoms with E-state index in [9.17, 15) is 24.0 Å². The Morgan fingerprint density at radius 2 is 1.43 bits per heavy atom. The summed E-state index contributed by atoms with van der Waals surface area (Å²) < 4.78 is 20.3. The van der Waals surface area contributed by atoms with Gasteiger partial charge in [0.2, 0.25) is 0 Å². The summed E-state index contributed by atoms with van der Waals surface area (Å²) in [6.07, 6.45) is 0. The van der Waals surface area contributed by atoms with Crippen molar-refractivity contribution in [1.29, 1.82) is 0 Å². The van der Waals surface area contributed by atoms with Crippen LogP contribution in [0.4, 0.5) is 0 Å². The van der Waals surface area contributed by atoms with Crippen LogP contribution < -0.4 is 0 Å². The number of carboxylic acids is 2. The van der Waals surface area contributed by atoms with Crippen molar-refractivity contribution in [2.24, 2.45) is 0 Å². The van der Waals surface area contributed by atoms with Crippen LogP contribution in [0, 0.1) is 0 Å². The Hall–Kier alpha value is -2.51. The Balaban J connectivity index is 2.86. The molecule has 0 aromatic heterocycles. The molecule has 6 nitrogen and oxygen atoms in total. The number of hydrogen-bond acceptors (Lipinski definition) is 3. The van der Waals surface area contributed by atoms with Crippen molar-refractivity contribution in [2.75, 3.05) is 0 Å². The van der Waals surface area contributed by atoms with Crippen molar-refractivity contribution < 1.29 is 28.6 Å². The van der Waals surface area contributed by atoms with Crippen molar-refractivity contribution in [3.05, 3.63) is 53.6 Å². The number of carbonyl (C=O) groups is 2. The molecule has 0 aliphatic rings. The third kappa shape index (κ3) is 2.83. The number of benzene rings is 2. The summed E-state index contributed by atoms with van der Waals surface area (Å²) in [5.74, 6) is -3.04. The Morgan fingerprint density at radius 1 is 0.857 bits per heavy atom. The average Bonchev–Trinajstić information content (AvgIpc) is 2.46. The molecule has 1 atom stereocenters. The molecule has 0 saturated heterocycles. The molecule has 0 amide bonds. The first kappa shape index (κ1) is 14.9. The summed E-state index contributed by atoms with van der Waals surface area (Å²) in [4.78, 5) is 22.3. The van der Waals surface area contributed by atoms with Gasteiger partial charge in [-0.1, -0.05) is 36.4 Å². The summed E-state index contributed by atoms with van der Waals surface area (Å²) in [5, 5.41) is 18.5. The standard InChI is InChI=1S/C14H10O6S/c15-13(16)11-9(8-4-2-1-3-5-8)6-7-10(21(19)20)12(11)14(17)18/h1-7H,(H,15,16)(H,17,18)(H,19,20). The quantitative estimate of drug-likeness (QED) is 0.747. The van der Waals surface area contributed by atoms with Crippen LogP contribution in [0.15, 0.2) is 47.4 Å². The molecule has 2 aromatic carbocycles. The summed E-state index contributed by atoms with van der Waals surface area (Å²) in [6, 6.07) is 10.8. The van der Waals surface area contributed by atoms with Crippen LogP contribution in [0.1, 0.15) is 20.7 Å². The van der Waals surface area contributed by atoms with E-state index >= 15 is 0 Å². The fourth-order valence-electron chi connectivity index (χ4n) is 2.02. The van der Waals surface area contributed by atoms with E-state index in [1.807, 2.05) is 0 Å². The van der Waals surface area contributed by atoms with Gasteiger partial charge in [0.1, 0.15) is 0 Å². The fourth-order valence-corrected chi connectivity index (χ4v) is 2.57. The lowest BCUT2D eigenvalue weighted by atomic mass is 9.95. The van der Waals surface area contributed by atoms with E-state index in [4.69, 9.17) is 4.55 Å². The predicted octanol–water partition coefficient (Wildman–Crippen LogP) is 2.33. The highest BCUT2D eigenvalue weighted by Gasteiger charge is 2.26. The third-order valence-electron chi connectivity index (χ3n) is 2.87. The Labute approximate surface area is 122 Å². The van der Waals surface area contributed by atoms with Gasteiger partial charge in [-0.25, -0.2) is 13.8 Å². The molecule has 0 radical (unpaired) electrons. The van der Waals surface area contributed by atoms with E-state index < -0.39 is 39.0 Å². The molecule has 7 heteroatoms. The topological polar surface area (TPSA) is 112 Å². The zero-order valence-electron chi connectivity index (χ0n) is 10.5. The van der Waals surface area contributed by atoms with Crippen LogP contribution in [0.2, 0.25) is 0 Å². The normalized spacial score (nSPS) is 11.9. The van der Waals surface area contributed by atoms with Crippen LogP contribution in [-0.2, 0) is 11.1 Å². The minimum atomic E-state index is -2.60. The monoisotopic (exact) mass is 306 g/mol. The van der Waals surface area contributed by atoms with Crippen LogP contribution >= 0.6 is 0 Å². The maximum atomic E-state index is 11.5. The van der Waals surface area contributed by atoms with Gasteiger partial charge < -0.3 is 14.8 Å². The molecule has 1 unspecified atom stereocenters. The van der Waals surface area contributed by atoms with Crippen molar-refractivity contribution in [1.82, 2.24) is 0 Å². The van der Waals surface area contributed by atoms with E-state index in [1.54, 1.807) is 30.3 Å². The number of hydrogen-bond donors (Lipinski definition) is 3. The largest absolute Gasteiger partial charge is 0.478 e. The average molecular weight is 306 g/mol. The lowest BCUT2D eigenvalue weighted by molar-refractivity contribution is 0.0649.